The second-order valence-corrected chi connectivity index (χ2v) is 7.05. The molecule has 0 aromatic carbocycles. The van der Waals surface area contributed by atoms with Gasteiger partial charge in [0, 0.05) is 30.5 Å². The molecule has 1 aliphatic heterocycles. The van der Waals surface area contributed by atoms with Gasteiger partial charge in [0.2, 0.25) is 0 Å². The molecule has 3 fully saturated rings. The Kier molecular flexibility index (Phi) is 3.47. The number of H-pyrrole nitrogens is 1. The van der Waals surface area contributed by atoms with Gasteiger partial charge in [-0.15, -0.1) is 0 Å². The fourth-order valence-electron chi connectivity index (χ4n) is 3.95. The van der Waals surface area contributed by atoms with Crippen molar-refractivity contribution in [1.82, 2.24) is 20.1 Å². The average molecular weight is 291 g/mol. The molecule has 1 aromatic rings. The lowest BCUT2D eigenvalue weighted by atomic mass is 9.95. The van der Waals surface area contributed by atoms with Crippen LogP contribution in [0.4, 0.5) is 0 Å². The van der Waals surface area contributed by atoms with Crippen LogP contribution in [0.15, 0.2) is 0 Å². The first-order chi connectivity index (χ1) is 10.2. The standard InChI is InChI=1S/C15H25N5O/c16-11-6-12(13(21)7-11)20-5-1-2-10(8-20)15-17-14(18-19-15)9-3-4-9/h9-13,21H,1-8,16H2,(H,17,18,19)/t10?,11-,12-,13-/m0/s1. The second-order valence-electron chi connectivity index (χ2n) is 7.05. The molecule has 6 nitrogen and oxygen atoms in total. The zero-order chi connectivity index (χ0) is 14.4. The molecule has 1 saturated heterocycles. The van der Waals surface area contributed by atoms with Crippen LogP contribution in [0, 0.1) is 0 Å². The Balaban J connectivity index is 1.44. The van der Waals surface area contributed by atoms with Crippen molar-refractivity contribution in [3.63, 3.8) is 0 Å². The quantitative estimate of drug-likeness (QED) is 0.763. The molecule has 6 heteroatoms. The molecule has 3 aliphatic rings. The molecule has 0 bridgehead atoms. The maximum absolute atomic E-state index is 10.2. The third-order valence-electron chi connectivity index (χ3n) is 5.30. The van der Waals surface area contributed by atoms with Crippen LogP contribution in [-0.2, 0) is 0 Å². The molecule has 4 N–H and O–H groups in total. The average Bonchev–Trinajstić information content (AvgIpc) is 3.11. The molecule has 0 amide bonds. The molecule has 4 atom stereocenters. The molecule has 2 saturated carbocycles. The van der Waals surface area contributed by atoms with Crippen molar-refractivity contribution < 1.29 is 5.11 Å². The first-order valence-corrected chi connectivity index (χ1v) is 8.30. The summed E-state index contributed by atoms with van der Waals surface area (Å²) >= 11 is 0. The van der Waals surface area contributed by atoms with Gasteiger partial charge < -0.3 is 10.8 Å². The van der Waals surface area contributed by atoms with Crippen molar-refractivity contribution in [2.24, 2.45) is 5.73 Å². The third kappa shape index (κ3) is 2.72. The van der Waals surface area contributed by atoms with Gasteiger partial charge in [-0.25, -0.2) is 4.98 Å². The van der Waals surface area contributed by atoms with Crippen LogP contribution in [0.2, 0.25) is 0 Å². The molecule has 21 heavy (non-hydrogen) atoms. The van der Waals surface area contributed by atoms with E-state index in [0.717, 1.165) is 50.4 Å². The van der Waals surface area contributed by atoms with E-state index in [9.17, 15) is 5.11 Å². The summed E-state index contributed by atoms with van der Waals surface area (Å²) in [7, 11) is 0. The first-order valence-electron chi connectivity index (χ1n) is 8.30. The zero-order valence-corrected chi connectivity index (χ0v) is 12.4. The van der Waals surface area contributed by atoms with Crippen molar-refractivity contribution in [2.45, 2.75) is 68.5 Å². The van der Waals surface area contributed by atoms with E-state index in [1.54, 1.807) is 0 Å². The first kappa shape index (κ1) is 13.7. The fraction of sp³-hybridized carbons (Fsp3) is 0.867. The molecule has 116 valence electrons. The summed E-state index contributed by atoms with van der Waals surface area (Å²) in [5.41, 5.74) is 6.00. The van der Waals surface area contributed by atoms with Crippen LogP contribution >= 0.6 is 0 Å². The Morgan fingerprint density at radius 3 is 2.76 bits per heavy atom. The van der Waals surface area contributed by atoms with Gasteiger partial charge in [0.25, 0.3) is 0 Å². The van der Waals surface area contributed by atoms with Gasteiger partial charge >= 0.3 is 0 Å². The summed E-state index contributed by atoms with van der Waals surface area (Å²) in [6.45, 7) is 2.02. The number of rotatable bonds is 3. The molecular weight excluding hydrogens is 266 g/mol. The van der Waals surface area contributed by atoms with E-state index < -0.39 is 0 Å². The third-order valence-corrected chi connectivity index (χ3v) is 5.30. The zero-order valence-electron chi connectivity index (χ0n) is 12.4. The monoisotopic (exact) mass is 291 g/mol. The number of aliphatic hydroxyl groups is 1. The maximum atomic E-state index is 10.2. The Morgan fingerprint density at radius 2 is 2.05 bits per heavy atom. The fourth-order valence-corrected chi connectivity index (χ4v) is 3.95. The van der Waals surface area contributed by atoms with E-state index in [1.165, 1.54) is 12.8 Å². The van der Waals surface area contributed by atoms with E-state index in [2.05, 4.69) is 15.1 Å². The predicted octanol–water partition coefficient (Wildman–Crippen LogP) is 0.712. The minimum Gasteiger partial charge on any atom is -0.391 e. The number of aromatic nitrogens is 3. The van der Waals surface area contributed by atoms with Crippen molar-refractivity contribution in [3.8, 4) is 0 Å². The summed E-state index contributed by atoms with van der Waals surface area (Å²) in [5, 5.41) is 17.8. The number of piperidine rings is 1. The topological polar surface area (TPSA) is 91.1 Å². The van der Waals surface area contributed by atoms with Gasteiger partial charge in [-0.1, -0.05) is 0 Å². The number of hydrogen-bond donors (Lipinski definition) is 3. The Labute approximate surface area is 125 Å². The van der Waals surface area contributed by atoms with Gasteiger partial charge in [-0.3, -0.25) is 10.00 Å². The van der Waals surface area contributed by atoms with Crippen LogP contribution in [0.3, 0.4) is 0 Å². The summed E-state index contributed by atoms with van der Waals surface area (Å²) in [6, 6.07) is 0.375. The molecule has 1 aromatic heterocycles. The number of likely N-dealkylation sites (tertiary alicyclic amines) is 1. The van der Waals surface area contributed by atoms with E-state index in [-0.39, 0.29) is 18.2 Å². The normalized spacial score (nSPS) is 38.0. The summed E-state index contributed by atoms with van der Waals surface area (Å²) < 4.78 is 0. The summed E-state index contributed by atoms with van der Waals surface area (Å²) in [4.78, 5) is 7.13. The molecule has 1 unspecified atom stereocenters. The van der Waals surface area contributed by atoms with Gasteiger partial charge in [0.1, 0.15) is 5.82 Å². The lowest BCUT2D eigenvalue weighted by Gasteiger charge is -2.37. The van der Waals surface area contributed by atoms with Crippen molar-refractivity contribution >= 4 is 0 Å². The minimum atomic E-state index is -0.270. The van der Waals surface area contributed by atoms with E-state index in [1.807, 2.05) is 0 Å². The van der Waals surface area contributed by atoms with Gasteiger partial charge in [-0.05, 0) is 45.1 Å². The minimum absolute atomic E-state index is 0.148. The smallest absolute Gasteiger partial charge is 0.155 e. The van der Waals surface area contributed by atoms with Crippen LogP contribution < -0.4 is 5.73 Å². The highest BCUT2D eigenvalue weighted by molar-refractivity contribution is 5.09. The van der Waals surface area contributed by atoms with Crippen LogP contribution in [-0.4, -0.2) is 56.5 Å². The van der Waals surface area contributed by atoms with Gasteiger partial charge in [0.15, 0.2) is 5.82 Å². The highest BCUT2D eigenvalue weighted by atomic mass is 16.3. The van der Waals surface area contributed by atoms with E-state index >= 15 is 0 Å². The number of hydrogen-bond acceptors (Lipinski definition) is 5. The molecule has 0 spiro atoms. The highest BCUT2D eigenvalue weighted by Gasteiger charge is 2.38. The molecule has 0 radical (unpaired) electrons. The Morgan fingerprint density at radius 1 is 1.19 bits per heavy atom. The molecular formula is C15H25N5O. The summed E-state index contributed by atoms with van der Waals surface area (Å²) in [6.07, 6.45) is 6.17. The predicted molar refractivity (Wildman–Crippen MR) is 78.9 cm³/mol. The largest absolute Gasteiger partial charge is 0.391 e. The summed E-state index contributed by atoms with van der Waals surface area (Å²) in [5.74, 6) is 3.07. The lowest BCUT2D eigenvalue weighted by Crippen LogP contribution is -2.45. The van der Waals surface area contributed by atoms with Crippen molar-refractivity contribution in [1.29, 1.82) is 0 Å². The number of nitrogens with two attached hydrogens (primary N) is 1. The SMILES string of the molecule is N[C@@H]1C[C@H](O)[C@@H](N2CCCC(c3n[nH]c(C4CC4)n3)C2)C1. The number of nitrogens with one attached hydrogen (secondary N) is 1. The van der Waals surface area contributed by atoms with Crippen LogP contribution in [0.1, 0.15) is 62.0 Å². The number of nitrogens with zero attached hydrogens (tertiary/aromatic N) is 3. The number of aromatic amines is 1. The van der Waals surface area contributed by atoms with E-state index in [4.69, 9.17) is 10.7 Å². The Bertz CT molecular complexity index is 500. The Hall–Kier alpha value is -0.980. The molecule has 2 heterocycles. The van der Waals surface area contributed by atoms with Gasteiger partial charge in [-0.2, -0.15) is 5.10 Å². The van der Waals surface area contributed by atoms with Crippen LogP contribution in [0.5, 0.6) is 0 Å². The van der Waals surface area contributed by atoms with Gasteiger partial charge in [0.05, 0.1) is 6.10 Å². The van der Waals surface area contributed by atoms with Crippen molar-refractivity contribution in [2.75, 3.05) is 13.1 Å². The second kappa shape index (κ2) is 5.34. The maximum Gasteiger partial charge on any atom is 0.155 e. The molecule has 2 aliphatic carbocycles. The molecule has 4 rings (SSSR count). The van der Waals surface area contributed by atoms with Crippen molar-refractivity contribution in [3.05, 3.63) is 11.6 Å². The number of aliphatic hydroxyl groups excluding tert-OH is 1. The highest BCUT2D eigenvalue weighted by Crippen LogP contribution is 2.38. The van der Waals surface area contributed by atoms with E-state index in [0.29, 0.717) is 11.8 Å². The lowest BCUT2D eigenvalue weighted by molar-refractivity contribution is 0.0525. The van der Waals surface area contributed by atoms with Crippen LogP contribution in [0.25, 0.3) is 0 Å².